The Balaban J connectivity index is 1.39. The molecule has 1 spiro atoms. The third kappa shape index (κ3) is 3.33. The molecule has 1 N–H and O–H groups in total. The van der Waals surface area contributed by atoms with Crippen LogP contribution in [0.25, 0.3) is 0 Å². The van der Waals surface area contributed by atoms with E-state index in [1.165, 1.54) is 25.5 Å². The average Bonchev–Trinajstić information content (AvgIpc) is 3.09. The Morgan fingerprint density at radius 3 is 2.81 bits per heavy atom. The summed E-state index contributed by atoms with van der Waals surface area (Å²) >= 11 is 0. The van der Waals surface area contributed by atoms with Gasteiger partial charge in [-0.05, 0) is 42.9 Å². The topological polar surface area (TPSA) is 78.2 Å². The van der Waals surface area contributed by atoms with Gasteiger partial charge in [0.05, 0.1) is 5.56 Å². The Morgan fingerprint density at radius 2 is 2.15 bits per heavy atom. The Hall–Kier alpha value is -3.07. The average molecular weight is 348 g/mol. The van der Waals surface area contributed by atoms with Crippen LogP contribution in [-0.4, -0.2) is 29.0 Å². The van der Waals surface area contributed by atoms with E-state index in [1.54, 1.807) is 24.3 Å². The van der Waals surface area contributed by atoms with Crippen LogP contribution in [0.2, 0.25) is 0 Å². The van der Waals surface area contributed by atoms with Crippen molar-refractivity contribution < 1.29 is 9.53 Å². The molecule has 4 rings (SSSR count). The summed E-state index contributed by atoms with van der Waals surface area (Å²) < 4.78 is 5.70. The minimum atomic E-state index is -0.0533. The van der Waals surface area contributed by atoms with Crippen LogP contribution in [0.5, 0.6) is 11.6 Å². The van der Waals surface area contributed by atoms with E-state index in [1.807, 2.05) is 23.1 Å². The number of aromatic nitrogens is 1. The Kier molecular flexibility index (Phi) is 4.21. The highest BCUT2D eigenvalue weighted by Gasteiger charge is 2.44. The predicted molar refractivity (Wildman–Crippen MR) is 97.0 cm³/mol. The van der Waals surface area contributed by atoms with Crippen LogP contribution in [0, 0.1) is 16.7 Å². The summed E-state index contributed by atoms with van der Waals surface area (Å²) in [6.07, 6.45) is 6.37. The van der Waals surface area contributed by atoms with Crippen molar-refractivity contribution in [3.05, 3.63) is 48.2 Å². The summed E-state index contributed by atoms with van der Waals surface area (Å²) in [5.41, 5.74) is 1.56. The largest absolute Gasteiger partial charge is 0.439 e. The van der Waals surface area contributed by atoms with Crippen LogP contribution >= 0.6 is 0 Å². The first-order valence-electron chi connectivity index (χ1n) is 8.86. The van der Waals surface area contributed by atoms with Gasteiger partial charge in [0.1, 0.15) is 11.8 Å². The van der Waals surface area contributed by atoms with Gasteiger partial charge in [0.2, 0.25) is 5.88 Å². The normalized spacial score (nSPS) is 17.4. The molecule has 2 heterocycles. The molecule has 2 aliphatic rings. The molecule has 1 aliphatic heterocycles. The number of nitrogens with one attached hydrogen (secondary N) is 1. The lowest BCUT2D eigenvalue weighted by Gasteiger charge is -2.37. The van der Waals surface area contributed by atoms with Crippen LogP contribution in [0.1, 0.15) is 31.2 Å². The Bertz CT molecular complexity index is 853. The molecule has 132 valence electrons. The number of nitriles is 1. The van der Waals surface area contributed by atoms with Crippen LogP contribution in [0.4, 0.5) is 10.5 Å². The first-order valence-corrected chi connectivity index (χ1v) is 8.86. The number of anilines is 1. The van der Waals surface area contributed by atoms with E-state index in [4.69, 9.17) is 10.00 Å². The number of benzene rings is 1. The van der Waals surface area contributed by atoms with Crippen molar-refractivity contribution in [1.82, 2.24) is 9.88 Å². The quantitative estimate of drug-likeness (QED) is 0.903. The van der Waals surface area contributed by atoms with Gasteiger partial charge in [-0.2, -0.15) is 5.26 Å². The van der Waals surface area contributed by atoms with Gasteiger partial charge in [-0.3, -0.25) is 0 Å². The molecule has 6 heteroatoms. The number of hydrogen-bond donors (Lipinski definition) is 1. The molecular formula is C20H20N4O2. The molecule has 2 aromatic rings. The predicted octanol–water partition coefficient (Wildman–Crippen LogP) is 4.15. The SMILES string of the molecule is N#Cc1ccc(Oc2cccc(NC(=O)N3CCC4(CCC4)C3)c2)nc1. The minimum absolute atomic E-state index is 0.0533. The van der Waals surface area contributed by atoms with E-state index < -0.39 is 0 Å². The molecule has 1 saturated heterocycles. The number of likely N-dealkylation sites (tertiary alicyclic amines) is 1. The highest BCUT2D eigenvalue weighted by atomic mass is 16.5. The van der Waals surface area contributed by atoms with Gasteiger partial charge >= 0.3 is 6.03 Å². The fourth-order valence-corrected chi connectivity index (χ4v) is 3.66. The summed E-state index contributed by atoms with van der Waals surface area (Å²) in [4.78, 5) is 18.5. The lowest BCUT2D eigenvalue weighted by Crippen LogP contribution is -2.37. The van der Waals surface area contributed by atoms with E-state index in [0.717, 1.165) is 19.5 Å². The van der Waals surface area contributed by atoms with Crippen molar-refractivity contribution in [2.45, 2.75) is 25.7 Å². The van der Waals surface area contributed by atoms with Gasteiger partial charge in [-0.1, -0.05) is 12.5 Å². The van der Waals surface area contributed by atoms with Gasteiger partial charge < -0.3 is 15.0 Å². The zero-order valence-corrected chi connectivity index (χ0v) is 14.4. The van der Waals surface area contributed by atoms with Crippen molar-refractivity contribution in [2.75, 3.05) is 18.4 Å². The minimum Gasteiger partial charge on any atom is -0.439 e. The second-order valence-electron chi connectivity index (χ2n) is 7.08. The maximum Gasteiger partial charge on any atom is 0.321 e. The molecule has 0 unspecified atom stereocenters. The van der Waals surface area contributed by atoms with Crippen molar-refractivity contribution >= 4 is 11.7 Å². The number of pyridine rings is 1. The third-order valence-corrected chi connectivity index (χ3v) is 5.31. The summed E-state index contributed by atoms with van der Waals surface area (Å²) in [6, 6.07) is 12.5. The van der Waals surface area contributed by atoms with Crippen LogP contribution in [0.3, 0.4) is 0 Å². The van der Waals surface area contributed by atoms with Crippen molar-refractivity contribution in [3.8, 4) is 17.7 Å². The molecule has 2 fully saturated rings. The van der Waals surface area contributed by atoms with E-state index in [2.05, 4.69) is 10.3 Å². The Morgan fingerprint density at radius 1 is 1.27 bits per heavy atom. The monoisotopic (exact) mass is 348 g/mol. The summed E-state index contributed by atoms with van der Waals surface area (Å²) in [6.45, 7) is 1.70. The van der Waals surface area contributed by atoms with Crippen LogP contribution in [-0.2, 0) is 0 Å². The van der Waals surface area contributed by atoms with Crippen LogP contribution < -0.4 is 10.1 Å². The summed E-state index contributed by atoms with van der Waals surface area (Å²) in [5.74, 6) is 0.982. The standard InChI is InChI=1S/C20H20N4O2/c21-12-15-5-6-18(22-13-15)26-17-4-1-3-16(11-17)23-19(25)24-10-9-20(14-24)7-2-8-20/h1,3-6,11,13H,2,7-10,14H2,(H,23,25). The molecule has 1 aliphatic carbocycles. The number of nitrogens with zero attached hydrogens (tertiary/aromatic N) is 3. The summed E-state index contributed by atoms with van der Waals surface area (Å²) in [5, 5.41) is 11.8. The number of rotatable bonds is 3. The van der Waals surface area contributed by atoms with Gasteiger partial charge in [0, 0.05) is 37.1 Å². The molecule has 26 heavy (non-hydrogen) atoms. The second-order valence-corrected chi connectivity index (χ2v) is 7.08. The van der Waals surface area contributed by atoms with Gasteiger partial charge in [0.25, 0.3) is 0 Å². The van der Waals surface area contributed by atoms with Crippen molar-refractivity contribution in [2.24, 2.45) is 5.41 Å². The number of ether oxygens (including phenoxy) is 1. The lowest BCUT2D eigenvalue weighted by molar-refractivity contribution is 0.144. The molecule has 1 aromatic heterocycles. The maximum absolute atomic E-state index is 12.5. The van der Waals surface area contributed by atoms with Crippen molar-refractivity contribution in [3.63, 3.8) is 0 Å². The maximum atomic E-state index is 12.5. The highest BCUT2D eigenvalue weighted by Crippen LogP contribution is 2.48. The van der Waals surface area contributed by atoms with Crippen molar-refractivity contribution in [1.29, 1.82) is 5.26 Å². The highest BCUT2D eigenvalue weighted by molar-refractivity contribution is 5.89. The molecule has 0 radical (unpaired) electrons. The molecule has 2 amide bonds. The second kappa shape index (κ2) is 6.68. The molecule has 6 nitrogen and oxygen atoms in total. The van der Waals surface area contributed by atoms with E-state index in [9.17, 15) is 4.79 Å². The lowest BCUT2D eigenvalue weighted by atomic mass is 9.68. The molecule has 0 atom stereocenters. The zero-order valence-electron chi connectivity index (χ0n) is 14.4. The molecule has 0 bridgehead atoms. The first-order chi connectivity index (χ1) is 12.7. The van der Waals surface area contributed by atoms with Crippen LogP contribution in [0.15, 0.2) is 42.6 Å². The fourth-order valence-electron chi connectivity index (χ4n) is 3.66. The molecule has 1 aromatic carbocycles. The number of hydrogen-bond acceptors (Lipinski definition) is 4. The first kappa shape index (κ1) is 16.4. The molecule has 1 saturated carbocycles. The zero-order chi connectivity index (χ0) is 18.0. The number of amides is 2. The molecular weight excluding hydrogens is 328 g/mol. The third-order valence-electron chi connectivity index (χ3n) is 5.31. The van der Waals surface area contributed by atoms with Gasteiger partial charge in [-0.25, -0.2) is 9.78 Å². The smallest absolute Gasteiger partial charge is 0.321 e. The Labute approximate surface area is 152 Å². The fraction of sp³-hybridized carbons (Fsp3) is 0.350. The van der Waals surface area contributed by atoms with E-state index in [-0.39, 0.29) is 6.03 Å². The summed E-state index contributed by atoms with van der Waals surface area (Å²) in [7, 11) is 0. The van der Waals surface area contributed by atoms with E-state index >= 15 is 0 Å². The van der Waals surface area contributed by atoms with E-state index in [0.29, 0.717) is 28.3 Å². The van der Waals surface area contributed by atoms with Gasteiger partial charge in [-0.15, -0.1) is 0 Å². The number of urea groups is 1. The number of carbonyl (C=O) groups excluding carboxylic acids is 1. The van der Waals surface area contributed by atoms with Gasteiger partial charge in [0.15, 0.2) is 0 Å². The number of carbonyl (C=O) groups is 1.